The van der Waals surface area contributed by atoms with E-state index in [1.807, 2.05) is 0 Å². The van der Waals surface area contributed by atoms with Crippen LogP contribution in [-0.2, 0) is 15.8 Å². The van der Waals surface area contributed by atoms with Crippen molar-refractivity contribution in [2.45, 2.75) is 18.7 Å². The van der Waals surface area contributed by atoms with Crippen molar-refractivity contribution in [2.24, 2.45) is 0 Å². The van der Waals surface area contributed by atoms with E-state index in [-0.39, 0.29) is 5.75 Å². The summed E-state index contributed by atoms with van der Waals surface area (Å²) in [6, 6.07) is 7.56. The summed E-state index contributed by atoms with van der Waals surface area (Å²) in [7, 11) is -3.71. The number of halogens is 3. The minimum atomic E-state index is -3.71. The van der Waals surface area contributed by atoms with E-state index in [4.69, 9.17) is 0 Å². The number of sulfonamides is 1. The highest BCUT2D eigenvalue weighted by molar-refractivity contribution is 7.88. The second-order valence-corrected chi connectivity index (χ2v) is 6.65. The van der Waals surface area contributed by atoms with Crippen molar-refractivity contribution in [1.29, 1.82) is 0 Å². The van der Waals surface area contributed by atoms with Crippen LogP contribution in [0.4, 0.5) is 13.2 Å². The lowest BCUT2D eigenvalue weighted by molar-refractivity contribution is 0.504. The second kappa shape index (κ2) is 6.50. The monoisotopic (exact) mass is 329 g/mol. The predicted octanol–water partition coefficient (Wildman–Crippen LogP) is 3.28. The van der Waals surface area contributed by atoms with Crippen molar-refractivity contribution in [3.63, 3.8) is 0 Å². The molecule has 0 aliphatic heterocycles. The molecule has 0 aliphatic carbocycles. The zero-order chi connectivity index (χ0) is 16.3. The van der Waals surface area contributed by atoms with Crippen LogP contribution in [0.3, 0.4) is 0 Å². The third-order valence-corrected chi connectivity index (χ3v) is 4.50. The van der Waals surface area contributed by atoms with Gasteiger partial charge in [-0.2, -0.15) is 0 Å². The fourth-order valence-electron chi connectivity index (χ4n) is 1.96. The SMILES string of the molecule is C[C@H](NS(=O)(=O)Cc1ccc(F)cc1)c1ccc(F)c(F)c1. The number of hydrogen-bond acceptors (Lipinski definition) is 2. The Kier molecular flexibility index (Phi) is 4.87. The van der Waals surface area contributed by atoms with Crippen LogP contribution >= 0.6 is 0 Å². The van der Waals surface area contributed by atoms with E-state index in [9.17, 15) is 21.6 Å². The maximum absolute atomic E-state index is 13.2. The Balaban J connectivity index is 2.10. The standard InChI is InChI=1S/C15H14F3NO2S/c1-10(12-4-7-14(17)15(18)8-12)19-22(20,21)9-11-2-5-13(16)6-3-11/h2-8,10,19H,9H2,1H3/t10-/m0/s1. The number of rotatable bonds is 5. The van der Waals surface area contributed by atoms with Crippen LogP contribution in [0, 0.1) is 17.5 Å². The lowest BCUT2D eigenvalue weighted by Gasteiger charge is -2.15. The van der Waals surface area contributed by atoms with Crippen LogP contribution in [0.15, 0.2) is 42.5 Å². The molecule has 1 atom stereocenters. The molecule has 7 heteroatoms. The van der Waals surface area contributed by atoms with Gasteiger partial charge < -0.3 is 0 Å². The molecule has 0 bridgehead atoms. The summed E-state index contributed by atoms with van der Waals surface area (Å²) in [5.41, 5.74) is 0.730. The van der Waals surface area contributed by atoms with Crippen molar-refractivity contribution in [2.75, 3.05) is 0 Å². The van der Waals surface area contributed by atoms with Crippen LogP contribution < -0.4 is 4.72 Å². The minimum Gasteiger partial charge on any atom is -0.212 e. The quantitative estimate of drug-likeness (QED) is 0.915. The molecule has 0 fully saturated rings. The summed E-state index contributed by atoms with van der Waals surface area (Å²) in [5.74, 6) is -2.82. The second-order valence-electron chi connectivity index (χ2n) is 4.90. The van der Waals surface area contributed by atoms with Gasteiger partial charge in [-0.05, 0) is 42.3 Å². The molecule has 3 nitrogen and oxygen atoms in total. The van der Waals surface area contributed by atoms with Crippen molar-refractivity contribution < 1.29 is 21.6 Å². The predicted molar refractivity (Wildman–Crippen MR) is 76.9 cm³/mol. The van der Waals surface area contributed by atoms with E-state index < -0.39 is 33.5 Å². The largest absolute Gasteiger partial charge is 0.216 e. The first kappa shape index (κ1) is 16.5. The Morgan fingerprint density at radius 1 is 1.00 bits per heavy atom. The molecule has 118 valence electrons. The van der Waals surface area contributed by atoms with Crippen LogP contribution in [0.2, 0.25) is 0 Å². The average molecular weight is 329 g/mol. The molecule has 0 spiro atoms. The maximum atomic E-state index is 13.2. The van der Waals surface area contributed by atoms with E-state index in [0.717, 1.165) is 12.1 Å². The molecule has 0 radical (unpaired) electrons. The van der Waals surface area contributed by atoms with Crippen LogP contribution in [0.25, 0.3) is 0 Å². The highest BCUT2D eigenvalue weighted by atomic mass is 32.2. The van der Waals surface area contributed by atoms with Gasteiger partial charge >= 0.3 is 0 Å². The first-order valence-corrected chi connectivity index (χ1v) is 8.11. The van der Waals surface area contributed by atoms with E-state index in [2.05, 4.69) is 4.72 Å². The Labute approximate surface area is 126 Å². The highest BCUT2D eigenvalue weighted by Crippen LogP contribution is 2.18. The molecule has 0 amide bonds. The van der Waals surface area contributed by atoms with Gasteiger partial charge in [0.2, 0.25) is 10.0 Å². The minimum absolute atomic E-state index is 0.307. The molecule has 0 unspecified atom stereocenters. The van der Waals surface area contributed by atoms with Crippen LogP contribution in [0.5, 0.6) is 0 Å². The normalized spacial score (nSPS) is 13.1. The lowest BCUT2D eigenvalue weighted by Crippen LogP contribution is -2.28. The molecule has 22 heavy (non-hydrogen) atoms. The van der Waals surface area contributed by atoms with Crippen LogP contribution in [0.1, 0.15) is 24.1 Å². The molecule has 0 saturated heterocycles. The molecule has 1 N–H and O–H groups in total. The van der Waals surface area contributed by atoms with Gasteiger partial charge in [0.25, 0.3) is 0 Å². The summed E-state index contributed by atoms with van der Waals surface area (Å²) < 4.78 is 65.3. The van der Waals surface area contributed by atoms with E-state index in [1.165, 1.54) is 37.3 Å². The third-order valence-electron chi connectivity index (χ3n) is 3.07. The molecular formula is C15H14F3NO2S. The molecule has 2 aromatic rings. The Hall–Kier alpha value is -1.86. The average Bonchev–Trinajstić information content (AvgIpc) is 2.43. The molecule has 0 aliphatic rings. The summed E-state index contributed by atoms with van der Waals surface area (Å²) in [6.45, 7) is 1.52. The van der Waals surface area contributed by atoms with Gasteiger partial charge in [0.1, 0.15) is 5.82 Å². The molecule has 0 heterocycles. The van der Waals surface area contributed by atoms with Crippen molar-refractivity contribution in [3.8, 4) is 0 Å². The summed E-state index contributed by atoms with van der Waals surface area (Å²) in [4.78, 5) is 0. The fraction of sp³-hybridized carbons (Fsp3) is 0.200. The van der Waals surface area contributed by atoms with Gasteiger partial charge in [-0.3, -0.25) is 0 Å². The maximum Gasteiger partial charge on any atom is 0.216 e. The smallest absolute Gasteiger partial charge is 0.212 e. The van der Waals surface area contributed by atoms with Gasteiger partial charge in [-0.25, -0.2) is 26.3 Å². The van der Waals surface area contributed by atoms with Gasteiger partial charge in [-0.1, -0.05) is 18.2 Å². The van der Waals surface area contributed by atoms with E-state index >= 15 is 0 Å². The number of benzene rings is 2. The van der Waals surface area contributed by atoms with Gasteiger partial charge in [-0.15, -0.1) is 0 Å². The van der Waals surface area contributed by atoms with Crippen molar-refractivity contribution >= 4 is 10.0 Å². The Morgan fingerprint density at radius 3 is 2.23 bits per heavy atom. The molecule has 2 rings (SSSR count). The fourth-order valence-corrected chi connectivity index (χ4v) is 3.35. The third kappa shape index (κ3) is 4.32. The van der Waals surface area contributed by atoms with E-state index in [1.54, 1.807) is 0 Å². The topological polar surface area (TPSA) is 46.2 Å². The van der Waals surface area contributed by atoms with Crippen molar-refractivity contribution in [1.82, 2.24) is 4.72 Å². The zero-order valence-electron chi connectivity index (χ0n) is 11.7. The molecular weight excluding hydrogens is 315 g/mol. The van der Waals surface area contributed by atoms with Gasteiger partial charge in [0.15, 0.2) is 11.6 Å². The Morgan fingerprint density at radius 2 is 1.64 bits per heavy atom. The summed E-state index contributed by atoms with van der Waals surface area (Å²) >= 11 is 0. The molecule has 0 saturated carbocycles. The van der Waals surface area contributed by atoms with Gasteiger partial charge in [0.05, 0.1) is 5.75 Å². The number of nitrogens with one attached hydrogen (secondary N) is 1. The van der Waals surface area contributed by atoms with Crippen LogP contribution in [-0.4, -0.2) is 8.42 Å². The lowest BCUT2D eigenvalue weighted by atomic mass is 10.1. The first-order valence-electron chi connectivity index (χ1n) is 6.46. The Bertz CT molecular complexity index is 761. The summed E-state index contributed by atoms with van der Waals surface area (Å²) in [5, 5.41) is 0. The summed E-state index contributed by atoms with van der Waals surface area (Å²) in [6.07, 6.45) is 0. The molecule has 0 aromatic heterocycles. The highest BCUT2D eigenvalue weighted by Gasteiger charge is 2.17. The first-order chi connectivity index (χ1) is 10.3. The van der Waals surface area contributed by atoms with E-state index in [0.29, 0.717) is 11.1 Å². The van der Waals surface area contributed by atoms with Gasteiger partial charge in [0, 0.05) is 6.04 Å². The number of hydrogen-bond donors (Lipinski definition) is 1. The zero-order valence-corrected chi connectivity index (χ0v) is 12.5. The molecule has 2 aromatic carbocycles. The van der Waals surface area contributed by atoms with Crippen molar-refractivity contribution in [3.05, 3.63) is 71.0 Å².